The van der Waals surface area contributed by atoms with E-state index >= 15 is 0 Å². The topological polar surface area (TPSA) is 29.1 Å². The van der Waals surface area contributed by atoms with E-state index in [0.717, 1.165) is 25.9 Å². The largest absolute Gasteiger partial charge is 0.317 e. The van der Waals surface area contributed by atoms with Crippen LogP contribution >= 0.6 is 0 Å². The summed E-state index contributed by atoms with van der Waals surface area (Å²) < 4.78 is 0. The zero-order valence-corrected chi connectivity index (χ0v) is 6.65. The fourth-order valence-corrected chi connectivity index (χ4v) is 0.749. The van der Waals surface area contributed by atoms with Crippen molar-refractivity contribution in [2.75, 3.05) is 13.1 Å². The standard InChI is InChI=1S/C8H16NO/c1-2-6-9-7-4-3-5-8-10/h9H,2-7H2,1H3. The Morgan fingerprint density at radius 2 is 2.10 bits per heavy atom. The van der Waals surface area contributed by atoms with Crippen LogP contribution in [-0.2, 0) is 4.79 Å². The summed E-state index contributed by atoms with van der Waals surface area (Å²) in [5.41, 5.74) is 0. The van der Waals surface area contributed by atoms with Gasteiger partial charge in [-0.3, -0.25) is 4.79 Å². The van der Waals surface area contributed by atoms with E-state index in [2.05, 4.69) is 12.2 Å². The summed E-state index contributed by atoms with van der Waals surface area (Å²) in [5, 5.41) is 3.26. The molecule has 0 saturated carbocycles. The van der Waals surface area contributed by atoms with Crippen LogP contribution in [0.3, 0.4) is 0 Å². The van der Waals surface area contributed by atoms with Crippen molar-refractivity contribution in [2.24, 2.45) is 0 Å². The monoisotopic (exact) mass is 142 g/mol. The van der Waals surface area contributed by atoms with Crippen molar-refractivity contribution in [3.63, 3.8) is 0 Å². The maximum atomic E-state index is 9.75. The Labute approximate surface area is 63.0 Å². The molecule has 10 heavy (non-hydrogen) atoms. The third kappa shape index (κ3) is 7.63. The molecule has 0 amide bonds. The first-order valence-electron chi connectivity index (χ1n) is 3.97. The quantitative estimate of drug-likeness (QED) is 0.542. The smallest absolute Gasteiger partial charge is 0.198 e. The molecule has 59 valence electrons. The SMILES string of the molecule is CCCNCCCC[C]=O. The van der Waals surface area contributed by atoms with E-state index in [4.69, 9.17) is 0 Å². The third-order valence-corrected chi connectivity index (χ3v) is 1.31. The fraction of sp³-hybridized carbons (Fsp3) is 0.875. The fourth-order valence-electron chi connectivity index (χ4n) is 0.749. The van der Waals surface area contributed by atoms with Gasteiger partial charge in [0.1, 0.15) is 0 Å². The van der Waals surface area contributed by atoms with Crippen LogP contribution < -0.4 is 5.32 Å². The van der Waals surface area contributed by atoms with Gasteiger partial charge < -0.3 is 5.32 Å². The zero-order valence-electron chi connectivity index (χ0n) is 6.65. The Morgan fingerprint density at radius 1 is 1.30 bits per heavy atom. The molecule has 0 aromatic rings. The molecule has 0 bridgehead atoms. The molecule has 0 fully saturated rings. The number of carbonyl (C=O) groups excluding carboxylic acids is 1. The highest BCUT2D eigenvalue weighted by Crippen LogP contribution is 1.89. The lowest BCUT2D eigenvalue weighted by Gasteiger charge is -1.99. The maximum Gasteiger partial charge on any atom is 0.198 e. The summed E-state index contributed by atoms with van der Waals surface area (Å²) in [5.74, 6) is 0. The van der Waals surface area contributed by atoms with Gasteiger partial charge in [0.05, 0.1) is 0 Å². The summed E-state index contributed by atoms with van der Waals surface area (Å²) in [6, 6.07) is 0. The van der Waals surface area contributed by atoms with Crippen molar-refractivity contribution < 1.29 is 4.79 Å². The Hall–Kier alpha value is -0.370. The molecule has 0 atom stereocenters. The normalized spacial score (nSPS) is 9.70. The molecule has 0 aliphatic heterocycles. The first-order valence-corrected chi connectivity index (χ1v) is 3.97. The zero-order chi connectivity index (χ0) is 7.66. The number of nitrogens with one attached hydrogen (secondary N) is 1. The van der Waals surface area contributed by atoms with Gasteiger partial charge in [0, 0.05) is 6.42 Å². The minimum absolute atomic E-state index is 0.591. The Kier molecular flexibility index (Phi) is 8.31. The Balaban J connectivity index is 2.70. The molecule has 0 aliphatic rings. The second-order valence-electron chi connectivity index (χ2n) is 2.35. The summed E-state index contributed by atoms with van der Waals surface area (Å²) in [6.07, 6.45) is 5.72. The van der Waals surface area contributed by atoms with Gasteiger partial charge in [0.25, 0.3) is 0 Å². The predicted molar refractivity (Wildman–Crippen MR) is 42.7 cm³/mol. The lowest BCUT2D eigenvalue weighted by molar-refractivity contribution is 0.543. The van der Waals surface area contributed by atoms with Crippen LogP contribution in [0.1, 0.15) is 32.6 Å². The van der Waals surface area contributed by atoms with Gasteiger partial charge in [0.2, 0.25) is 0 Å². The van der Waals surface area contributed by atoms with E-state index in [1.54, 1.807) is 0 Å². The summed E-state index contributed by atoms with van der Waals surface area (Å²) in [7, 11) is 0. The first kappa shape index (κ1) is 9.63. The van der Waals surface area contributed by atoms with Crippen LogP contribution in [0.2, 0.25) is 0 Å². The van der Waals surface area contributed by atoms with E-state index in [9.17, 15) is 4.79 Å². The predicted octanol–water partition coefficient (Wildman–Crippen LogP) is 1.27. The minimum Gasteiger partial charge on any atom is -0.317 e. The molecule has 0 aromatic carbocycles. The molecule has 2 nitrogen and oxygen atoms in total. The lowest BCUT2D eigenvalue weighted by atomic mass is 10.2. The minimum atomic E-state index is 0.591. The third-order valence-electron chi connectivity index (χ3n) is 1.31. The molecule has 0 unspecified atom stereocenters. The van der Waals surface area contributed by atoms with Gasteiger partial charge in [-0.2, -0.15) is 0 Å². The molecule has 0 aromatic heterocycles. The number of hydrogen-bond donors (Lipinski definition) is 1. The van der Waals surface area contributed by atoms with Crippen LogP contribution in [0, 0.1) is 0 Å². The average Bonchev–Trinajstić information content (AvgIpc) is 1.97. The van der Waals surface area contributed by atoms with Gasteiger partial charge in [0.15, 0.2) is 6.29 Å². The van der Waals surface area contributed by atoms with Crippen molar-refractivity contribution in [3.05, 3.63) is 0 Å². The van der Waals surface area contributed by atoms with Crippen LogP contribution in [0.25, 0.3) is 0 Å². The summed E-state index contributed by atoms with van der Waals surface area (Å²) >= 11 is 0. The van der Waals surface area contributed by atoms with Gasteiger partial charge in [-0.1, -0.05) is 6.92 Å². The summed E-state index contributed by atoms with van der Waals surface area (Å²) in [6.45, 7) is 4.27. The number of hydrogen-bond acceptors (Lipinski definition) is 2. The molecule has 2 heteroatoms. The Bertz CT molecular complexity index is 73.7. The molecular formula is C8H16NO. The van der Waals surface area contributed by atoms with E-state index in [1.165, 1.54) is 6.42 Å². The van der Waals surface area contributed by atoms with Crippen molar-refractivity contribution in [3.8, 4) is 0 Å². The van der Waals surface area contributed by atoms with E-state index < -0.39 is 0 Å². The van der Waals surface area contributed by atoms with Crippen LogP contribution in [0.4, 0.5) is 0 Å². The highest BCUT2D eigenvalue weighted by Gasteiger charge is 1.86. The second-order valence-corrected chi connectivity index (χ2v) is 2.35. The van der Waals surface area contributed by atoms with Crippen molar-refractivity contribution in [1.29, 1.82) is 0 Å². The van der Waals surface area contributed by atoms with E-state index in [-0.39, 0.29) is 0 Å². The molecule has 0 rings (SSSR count). The van der Waals surface area contributed by atoms with Crippen LogP contribution in [0.5, 0.6) is 0 Å². The van der Waals surface area contributed by atoms with Gasteiger partial charge in [-0.25, -0.2) is 0 Å². The highest BCUT2D eigenvalue weighted by molar-refractivity contribution is 5.50. The lowest BCUT2D eigenvalue weighted by Crippen LogP contribution is -2.15. The van der Waals surface area contributed by atoms with Crippen molar-refractivity contribution in [2.45, 2.75) is 32.6 Å². The molecule has 0 spiro atoms. The van der Waals surface area contributed by atoms with Crippen molar-refractivity contribution in [1.82, 2.24) is 5.32 Å². The van der Waals surface area contributed by atoms with Gasteiger partial charge in [-0.05, 0) is 32.4 Å². The maximum absolute atomic E-state index is 9.75. The Morgan fingerprint density at radius 3 is 2.70 bits per heavy atom. The molecule has 0 aliphatic carbocycles. The highest BCUT2D eigenvalue weighted by atomic mass is 16.1. The van der Waals surface area contributed by atoms with Crippen LogP contribution in [0.15, 0.2) is 0 Å². The average molecular weight is 142 g/mol. The molecule has 1 N–H and O–H groups in total. The van der Waals surface area contributed by atoms with Gasteiger partial charge in [-0.15, -0.1) is 0 Å². The molecular weight excluding hydrogens is 126 g/mol. The van der Waals surface area contributed by atoms with E-state index in [1.807, 2.05) is 6.29 Å². The molecule has 0 heterocycles. The first-order chi connectivity index (χ1) is 4.91. The molecule has 1 radical (unpaired) electrons. The second kappa shape index (κ2) is 8.63. The number of rotatable bonds is 7. The summed E-state index contributed by atoms with van der Waals surface area (Å²) in [4.78, 5) is 9.75. The number of unbranched alkanes of at least 4 members (excludes halogenated alkanes) is 2. The molecule has 0 saturated heterocycles. The van der Waals surface area contributed by atoms with Crippen molar-refractivity contribution >= 4 is 6.29 Å². The van der Waals surface area contributed by atoms with E-state index in [0.29, 0.717) is 6.42 Å². The van der Waals surface area contributed by atoms with Crippen LogP contribution in [-0.4, -0.2) is 19.4 Å². The van der Waals surface area contributed by atoms with Gasteiger partial charge >= 0.3 is 0 Å².